The van der Waals surface area contributed by atoms with E-state index in [1.165, 1.54) is 4.31 Å². The van der Waals surface area contributed by atoms with Crippen LogP contribution in [0.3, 0.4) is 0 Å². The Morgan fingerprint density at radius 3 is 2.03 bits per heavy atom. The van der Waals surface area contributed by atoms with Crippen molar-refractivity contribution in [2.75, 3.05) is 25.0 Å². The van der Waals surface area contributed by atoms with E-state index in [0.717, 1.165) is 30.8 Å². The van der Waals surface area contributed by atoms with Crippen molar-refractivity contribution < 1.29 is 22.0 Å². The van der Waals surface area contributed by atoms with Crippen molar-refractivity contribution in [1.29, 1.82) is 0 Å². The first-order valence-electron chi connectivity index (χ1n) is 10.7. The molecule has 1 aliphatic heterocycles. The Labute approximate surface area is 187 Å². The predicted molar refractivity (Wildman–Crippen MR) is 119 cm³/mol. The van der Waals surface area contributed by atoms with Gasteiger partial charge in [0.05, 0.1) is 37.1 Å². The van der Waals surface area contributed by atoms with Gasteiger partial charge in [0.15, 0.2) is 0 Å². The monoisotopic (exact) mass is 457 g/mol. The molecule has 9 heteroatoms. The van der Waals surface area contributed by atoms with Gasteiger partial charge < -0.3 is 14.2 Å². The summed E-state index contributed by atoms with van der Waals surface area (Å²) in [6.45, 7) is 2.14. The van der Waals surface area contributed by atoms with Gasteiger partial charge in [0.1, 0.15) is 11.5 Å². The second-order valence-electron chi connectivity index (χ2n) is 7.84. The van der Waals surface area contributed by atoms with Gasteiger partial charge in [0, 0.05) is 18.8 Å². The molecule has 0 spiro atoms. The fourth-order valence-corrected chi connectivity index (χ4v) is 5.30. The summed E-state index contributed by atoms with van der Waals surface area (Å²) in [6.07, 6.45) is 6.04. The molecule has 32 heavy (non-hydrogen) atoms. The SMILES string of the molecule is O=C(CN(Cc1ccco1)Cc1ccco1)Nc1ccc(S(=O)(=O)N2CCCCC2)cc1. The number of carbonyl (C=O) groups is 1. The maximum absolute atomic E-state index is 12.8. The summed E-state index contributed by atoms with van der Waals surface area (Å²) < 4.78 is 37.9. The Kier molecular flexibility index (Phi) is 7.09. The number of carbonyl (C=O) groups excluding carboxylic acids is 1. The van der Waals surface area contributed by atoms with Crippen molar-refractivity contribution in [3.8, 4) is 0 Å². The standard InChI is InChI=1S/C23H27N3O5S/c27-23(18-25(16-20-6-4-14-30-20)17-21-7-5-15-31-21)24-19-8-10-22(11-9-19)32(28,29)26-12-2-1-3-13-26/h4-11,14-15H,1-3,12-13,16-18H2,(H,24,27). The van der Waals surface area contributed by atoms with Crippen LogP contribution in [0.4, 0.5) is 5.69 Å². The van der Waals surface area contributed by atoms with Crippen LogP contribution in [0.15, 0.2) is 74.8 Å². The molecule has 3 aromatic rings. The first-order chi connectivity index (χ1) is 15.5. The highest BCUT2D eigenvalue weighted by Crippen LogP contribution is 2.22. The fourth-order valence-electron chi connectivity index (χ4n) is 3.78. The maximum atomic E-state index is 12.8. The minimum absolute atomic E-state index is 0.120. The van der Waals surface area contributed by atoms with E-state index in [2.05, 4.69) is 5.32 Å². The predicted octanol–water partition coefficient (Wildman–Crippen LogP) is 3.69. The topological polar surface area (TPSA) is 96.0 Å². The van der Waals surface area contributed by atoms with Crippen molar-refractivity contribution in [3.05, 3.63) is 72.6 Å². The number of benzene rings is 1. The number of piperidine rings is 1. The van der Waals surface area contributed by atoms with E-state index in [-0.39, 0.29) is 17.3 Å². The highest BCUT2D eigenvalue weighted by atomic mass is 32.2. The summed E-state index contributed by atoms with van der Waals surface area (Å²) in [5.74, 6) is 1.28. The number of nitrogens with zero attached hydrogens (tertiary/aromatic N) is 2. The van der Waals surface area contributed by atoms with E-state index in [4.69, 9.17) is 8.83 Å². The summed E-state index contributed by atoms with van der Waals surface area (Å²) in [5, 5.41) is 2.84. The lowest BCUT2D eigenvalue weighted by Crippen LogP contribution is -2.35. The quantitative estimate of drug-likeness (QED) is 0.527. The third-order valence-electron chi connectivity index (χ3n) is 5.38. The highest BCUT2D eigenvalue weighted by Gasteiger charge is 2.25. The Balaban J connectivity index is 1.38. The Hall–Kier alpha value is -2.88. The van der Waals surface area contributed by atoms with Crippen LogP contribution in [-0.4, -0.2) is 43.2 Å². The zero-order chi connectivity index (χ0) is 22.4. The van der Waals surface area contributed by atoms with Gasteiger partial charge in [-0.2, -0.15) is 4.31 Å². The van der Waals surface area contributed by atoms with E-state index in [1.54, 1.807) is 48.9 Å². The second-order valence-corrected chi connectivity index (χ2v) is 9.78. The molecule has 1 aliphatic rings. The molecule has 3 heterocycles. The average Bonchev–Trinajstić information content (AvgIpc) is 3.49. The van der Waals surface area contributed by atoms with Gasteiger partial charge >= 0.3 is 0 Å². The Morgan fingerprint density at radius 1 is 0.906 bits per heavy atom. The van der Waals surface area contributed by atoms with Crippen LogP contribution in [0.25, 0.3) is 0 Å². The van der Waals surface area contributed by atoms with Gasteiger partial charge in [-0.1, -0.05) is 6.42 Å². The van der Waals surface area contributed by atoms with E-state index >= 15 is 0 Å². The maximum Gasteiger partial charge on any atom is 0.243 e. The molecule has 4 rings (SSSR count). The van der Waals surface area contributed by atoms with Crippen molar-refractivity contribution in [2.24, 2.45) is 0 Å². The molecule has 0 aliphatic carbocycles. The molecule has 1 aromatic carbocycles. The Bertz CT molecular complexity index is 1050. The lowest BCUT2D eigenvalue weighted by Gasteiger charge is -2.25. The van der Waals surface area contributed by atoms with Gasteiger partial charge in [-0.15, -0.1) is 0 Å². The van der Waals surface area contributed by atoms with E-state index in [9.17, 15) is 13.2 Å². The van der Waals surface area contributed by atoms with Crippen LogP contribution < -0.4 is 5.32 Å². The van der Waals surface area contributed by atoms with Crippen molar-refractivity contribution in [3.63, 3.8) is 0 Å². The molecule has 0 radical (unpaired) electrons. The highest BCUT2D eigenvalue weighted by molar-refractivity contribution is 7.89. The van der Waals surface area contributed by atoms with Crippen LogP contribution in [0.1, 0.15) is 30.8 Å². The zero-order valence-corrected chi connectivity index (χ0v) is 18.6. The number of amides is 1. The minimum Gasteiger partial charge on any atom is -0.468 e. The second kappa shape index (κ2) is 10.2. The van der Waals surface area contributed by atoms with Gasteiger partial charge in [-0.25, -0.2) is 8.42 Å². The number of furan rings is 2. The Morgan fingerprint density at radius 2 is 1.50 bits per heavy atom. The van der Waals surface area contributed by atoms with Crippen LogP contribution >= 0.6 is 0 Å². The molecule has 1 N–H and O–H groups in total. The first-order valence-corrected chi connectivity index (χ1v) is 12.1. The number of rotatable bonds is 9. The largest absolute Gasteiger partial charge is 0.468 e. The van der Waals surface area contributed by atoms with E-state index in [0.29, 0.717) is 31.9 Å². The summed E-state index contributed by atoms with van der Waals surface area (Å²) in [4.78, 5) is 14.8. The summed E-state index contributed by atoms with van der Waals surface area (Å²) >= 11 is 0. The molecular weight excluding hydrogens is 430 g/mol. The van der Waals surface area contributed by atoms with Gasteiger partial charge in [0.25, 0.3) is 0 Å². The molecule has 8 nitrogen and oxygen atoms in total. The molecule has 2 aromatic heterocycles. The number of anilines is 1. The van der Waals surface area contributed by atoms with E-state index in [1.807, 2.05) is 17.0 Å². The molecule has 1 amide bonds. The van der Waals surface area contributed by atoms with Gasteiger partial charge in [-0.3, -0.25) is 9.69 Å². The lowest BCUT2D eigenvalue weighted by molar-refractivity contribution is -0.117. The van der Waals surface area contributed by atoms with Crippen LogP contribution in [0.2, 0.25) is 0 Å². The zero-order valence-electron chi connectivity index (χ0n) is 17.8. The van der Waals surface area contributed by atoms with Gasteiger partial charge in [0.2, 0.25) is 15.9 Å². The molecule has 0 atom stereocenters. The number of hydrogen-bond donors (Lipinski definition) is 1. The third-order valence-corrected chi connectivity index (χ3v) is 7.29. The smallest absolute Gasteiger partial charge is 0.243 e. The van der Waals surface area contributed by atoms with E-state index < -0.39 is 10.0 Å². The van der Waals surface area contributed by atoms with Crippen LogP contribution in [-0.2, 0) is 27.9 Å². The molecule has 0 unspecified atom stereocenters. The van der Waals surface area contributed by atoms with Crippen LogP contribution in [0.5, 0.6) is 0 Å². The normalized spacial score (nSPS) is 15.2. The number of hydrogen-bond acceptors (Lipinski definition) is 6. The first kappa shape index (κ1) is 22.3. The van der Waals surface area contributed by atoms with Gasteiger partial charge in [-0.05, 0) is 61.4 Å². The van der Waals surface area contributed by atoms with Crippen molar-refractivity contribution >= 4 is 21.6 Å². The summed E-state index contributed by atoms with van der Waals surface area (Å²) in [6, 6.07) is 13.7. The summed E-state index contributed by atoms with van der Waals surface area (Å²) in [7, 11) is -3.49. The number of nitrogens with one attached hydrogen (secondary N) is 1. The molecule has 0 bridgehead atoms. The van der Waals surface area contributed by atoms with Crippen LogP contribution in [0, 0.1) is 0 Å². The molecule has 0 saturated carbocycles. The fraction of sp³-hybridized carbons (Fsp3) is 0.348. The molecule has 170 valence electrons. The molecule has 1 fully saturated rings. The summed E-state index contributed by atoms with van der Waals surface area (Å²) in [5.41, 5.74) is 0.545. The molecular formula is C23H27N3O5S. The minimum atomic E-state index is -3.49. The van der Waals surface area contributed by atoms with Crippen molar-refractivity contribution in [1.82, 2.24) is 9.21 Å². The number of sulfonamides is 1. The average molecular weight is 458 g/mol. The van der Waals surface area contributed by atoms with Crippen molar-refractivity contribution in [2.45, 2.75) is 37.2 Å². The molecule has 1 saturated heterocycles. The lowest BCUT2D eigenvalue weighted by atomic mass is 10.2. The third kappa shape index (κ3) is 5.67.